The van der Waals surface area contributed by atoms with E-state index in [2.05, 4.69) is 15.9 Å². The standard InChI is InChI=1S/C7H7BrO4S2/c1-4(7(9)10)14(11,12)6-3-2-5(8)13-6/h2-4H,1H3,(H,9,10). The molecular weight excluding hydrogens is 292 g/mol. The van der Waals surface area contributed by atoms with Gasteiger partial charge in [0.25, 0.3) is 0 Å². The van der Waals surface area contributed by atoms with Crippen LogP contribution in [0.4, 0.5) is 0 Å². The largest absolute Gasteiger partial charge is 0.480 e. The molecule has 0 saturated heterocycles. The normalized spacial score (nSPS) is 13.9. The van der Waals surface area contributed by atoms with E-state index in [1.165, 1.54) is 6.07 Å². The summed E-state index contributed by atoms with van der Waals surface area (Å²) in [5.74, 6) is -1.34. The Morgan fingerprint density at radius 2 is 2.14 bits per heavy atom. The second-order valence-corrected chi connectivity index (χ2v) is 7.54. The molecule has 0 radical (unpaired) electrons. The first-order valence-corrected chi connectivity index (χ1v) is 6.73. The number of hydrogen-bond acceptors (Lipinski definition) is 4. The second kappa shape index (κ2) is 4.00. The molecule has 4 nitrogen and oxygen atoms in total. The highest BCUT2D eigenvalue weighted by Gasteiger charge is 2.30. The molecule has 1 N–H and O–H groups in total. The van der Waals surface area contributed by atoms with Gasteiger partial charge in [-0.05, 0) is 35.0 Å². The smallest absolute Gasteiger partial charge is 0.322 e. The van der Waals surface area contributed by atoms with Crippen LogP contribution in [-0.2, 0) is 14.6 Å². The zero-order chi connectivity index (χ0) is 10.9. The minimum Gasteiger partial charge on any atom is -0.480 e. The van der Waals surface area contributed by atoms with Gasteiger partial charge in [0.2, 0.25) is 9.84 Å². The molecule has 1 aromatic heterocycles. The van der Waals surface area contributed by atoms with Crippen molar-refractivity contribution in [2.24, 2.45) is 0 Å². The van der Waals surface area contributed by atoms with Crippen molar-refractivity contribution in [1.29, 1.82) is 0 Å². The van der Waals surface area contributed by atoms with E-state index in [4.69, 9.17) is 5.11 Å². The van der Waals surface area contributed by atoms with Gasteiger partial charge in [0.15, 0.2) is 5.25 Å². The minimum absolute atomic E-state index is 0.0688. The molecule has 0 saturated carbocycles. The topological polar surface area (TPSA) is 71.4 Å². The van der Waals surface area contributed by atoms with E-state index in [1.54, 1.807) is 6.07 Å². The molecule has 0 bridgehead atoms. The van der Waals surface area contributed by atoms with Crippen LogP contribution in [0.25, 0.3) is 0 Å². The van der Waals surface area contributed by atoms with Crippen LogP contribution < -0.4 is 0 Å². The third-order valence-corrected chi connectivity index (χ3v) is 5.84. The summed E-state index contributed by atoms with van der Waals surface area (Å²) >= 11 is 4.12. The quantitative estimate of drug-likeness (QED) is 0.923. The number of carbonyl (C=O) groups is 1. The van der Waals surface area contributed by atoms with Gasteiger partial charge in [0.1, 0.15) is 4.21 Å². The summed E-state index contributed by atoms with van der Waals surface area (Å²) in [4.78, 5) is 10.5. The lowest BCUT2D eigenvalue weighted by Crippen LogP contribution is -2.26. The summed E-state index contributed by atoms with van der Waals surface area (Å²) in [6, 6.07) is 2.97. The summed E-state index contributed by atoms with van der Waals surface area (Å²) < 4.78 is 23.9. The van der Waals surface area contributed by atoms with Crippen molar-refractivity contribution in [3.8, 4) is 0 Å². The Bertz CT molecular complexity index is 448. The van der Waals surface area contributed by atoms with E-state index >= 15 is 0 Å². The van der Waals surface area contributed by atoms with Crippen LogP contribution in [0.3, 0.4) is 0 Å². The molecule has 0 fully saturated rings. The van der Waals surface area contributed by atoms with Gasteiger partial charge in [-0.15, -0.1) is 11.3 Å². The third kappa shape index (κ3) is 2.15. The Kier molecular flexibility index (Phi) is 3.33. The molecule has 0 amide bonds. The van der Waals surface area contributed by atoms with E-state index in [0.717, 1.165) is 18.3 Å². The fraction of sp³-hybridized carbons (Fsp3) is 0.286. The molecule has 1 unspecified atom stereocenters. The Labute approximate surface area is 93.6 Å². The van der Waals surface area contributed by atoms with E-state index in [0.29, 0.717) is 3.79 Å². The molecule has 78 valence electrons. The molecule has 1 heterocycles. The number of carboxylic acids is 1. The van der Waals surface area contributed by atoms with Gasteiger partial charge in [0, 0.05) is 0 Å². The maximum Gasteiger partial charge on any atom is 0.322 e. The third-order valence-electron chi connectivity index (χ3n) is 1.64. The highest BCUT2D eigenvalue weighted by Crippen LogP contribution is 2.28. The predicted octanol–water partition coefficient (Wildman–Crippen LogP) is 1.76. The van der Waals surface area contributed by atoms with Crippen molar-refractivity contribution < 1.29 is 18.3 Å². The van der Waals surface area contributed by atoms with E-state index < -0.39 is 21.1 Å². The maximum absolute atomic E-state index is 11.6. The van der Waals surface area contributed by atoms with E-state index in [9.17, 15) is 13.2 Å². The molecule has 1 aromatic rings. The predicted molar refractivity (Wildman–Crippen MR) is 56.3 cm³/mol. The summed E-state index contributed by atoms with van der Waals surface area (Å²) in [5, 5.41) is 7.19. The minimum atomic E-state index is -3.73. The average molecular weight is 299 g/mol. The zero-order valence-corrected chi connectivity index (χ0v) is 10.3. The molecule has 0 aliphatic heterocycles. The lowest BCUT2D eigenvalue weighted by Gasteiger charge is -2.05. The summed E-state index contributed by atoms with van der Waals surface area (Å²) in [7, 11) is -3.73. The van der Waals surface area contributed by atoms with Crippen molar-refractivity contribution in [3.63, 3.8) is 0 Å². The fourth-order valence-corrected chi connectivity index (χ4v) is 4.24. The van der Waals surface area contributed by atoms with Gasteiger partial charge in [0.05, 0.1) is 3.79 Å². The van der Waals surface area contributed by atoms with Crippen LogP contribution in [0.5, 0.6) is 0 Å². The lowest BCUT2D eigenvalue weighted by atomic mass is 10.5. The molecule has 7 heteroatoms. The van der Waals surface area contributed by atoms with Crippen molar-refractivity contribution in [1.82, 2.24) is 0 Å². The Hall–Kier alpha value is -0.400. The number of thiophene rings is 1. The molecule has 1 atom stereocenters. The number of carboxylic acid groups (broad SMARTS) is 1. The molecule has 0 aliphatic carbocycles. The molecule has 0 aliphatic rings. The maximum atomic E-state index is 11.6. The van der Waals surface area contributed by atoms with Crippen molar-refractivity contribution in [2.45, 2.75) is 16.4 Å². The average Bonchev–Trinajstić information content (AvgIpc) is 2.50. The number of hydrogen-bond donors (Lipinski definition) is 1. The van der Waals surface area contributed by atoms with Gasteiger partial charge >= 0.3 is 5.97 Å². The van der Waals surface area contributed by atoms with Crippen LogP contribution in [-0.4, -0.2) is 24.7 Å². The van der Waals surface area contributed by atoms with Gasteiger partial charge in [-0.1, -0.05) is 0 Å². The fourth-order valence-electron chi connectivity index (χ4n) is 0.758. The monoisotopic (exact) mass is 298 g/mol. The number of halogens is 1. The first-order chi connectivity index (χ1) is 6.35. The molecule has 0 aromatic carbocycles. The Morgan fingerprint density at radius 3 is 2.50 bits per heavy atom. The molecule has 1 rings (SSSR count). The summed E-state index contributed by atoms with van der Waals surface area (Å²) in [6.07, 6.45) is 0. The number of aliphatic carboxylic acids is 1. The van der Waals surface area contributed by atoms with Crippen LogP contribution in [0, 0.1) is 0 Å². The van der Waals surface area contributed by atoms with Crippen LogP contribution >= 0.6 is 27.3 Å². The summed E-state index contributed by atoms with van der Waals surface area (Å²) in [5.41, 5.74) is 0. The van der Waals surface area contributed by atoms with Gasteiger partial charge < -0.3 is 5.11 Å². The number of sulfone groups is 1. The second-order valence-electron chi connectivity index (χ2n) is 2.58. The van der Waals surface area contributed by atoms with Crippen molar-refractivity contribution in [3.05, 3.63) is 15.9 Å². The van der Waals surface area contributed by atoms with Gasteiger partial charge in [-0.3, -0.25) is 4.79 Å². The lowest BCUT2D eigenvalue weighted by molar-refractivity contribution is -0.136. The molecule has 14 heavy (non-hydrogen) atoms. The van der Waals surface area contributed by atoms with Crippen LogP contribution in [0.2, 0.25) is 0 Å². The van der Waals surface area contributed by atoms with E-state index in [-0.39, 0.29) is 4.21 Å². The Morgan fingerprint density at radius 1 is 1.57 bits per heavy atom. The van der Waals surface area contributed by atoms with Crippen molar-refractivity contribution >= 4 is 43.1 Å². The molecular formula is C7H7BrO4S2. The van der Waals surface area contributed by atoms with Gasteiger partial charge in [-0.25, -0.2) is 8.42 Å². The van der Waals surface area contributed by atoms with Gasteiger partial charge in [-0.2, -0.15) is 0 Å². The first kappa shape index (κ1) is 11.7. The zero-order valence-electron chi connectivity index (χ0n) is 7.10. The van der Waals surface area contributed by atoms with Crippen molar-refractivity contribution in [2.75, 3.05) is 0 Å². The van der Waals surface area contributed by atoms with Crippen LogP contribution in [0.1, 0.15) is 6.92 Å². The Balaban J connectivity index is 3.15. The number of rotatable bonds is 3. The highest BCUT2D eigenvalue weighted by atomic mass is 79.9. The summed E-state index contributed by atoms with van der Waals surface area (Å²) in [6.45, 7) is 1.16. The van der Waals surface area contributed by atoms with E-state index in [1.807, 2.05) is 0 Å². The van der Waals surface area contributed by atoms with Crippen LogP contribution in [0.15, 0.2) is 20.1 Å². The first-order valence-electron chi connectivity index (χ1n) is 3.57. The SMILES string of the molecule is CC(C(=O)O)S(=O)(=O)c1ccc(Br)s1. The highest BCUT2D eigenvalue weighted by molar-refractivity contribution is 9.11. The molecule has 0 spiro atoms.